The Bertz CT molecular complexity index is 529. The number of hydrogen-bond donors (Lipinski definition) is 2. The first-order valence-electron chi connectivity index (χ1n) is 4.63. The van der Waals surface area contributed by atoms with Crippen LogP contribution in [0.3, 0.4) is 0 Å². The Morgan fingerprint density at radius 2 is 2.13 bits per heavy atom. The van der Waals surface area contributed by atoms with Gasteiger partial charge in [-0.3, -0.25) is 4.79 Å². The molecule has 0 aliphatic heterocycles. The van der Waals surface area contributed by atoms with Crippen LogP contribution in [0.15, 0.2) is 18.2 Å². The number of benzene rings is 1. The number of aromatic amines is 1. The van der Waals surface area contributed by atoms with Crippen molar-refractivity contribution in [2.45, 2.75) is 13.8 Å². The summed E-state index contributed by atoms with van der Waals surface area (Å²) in [5, 5.41) is 1.01. The average Bonchev–Trinajstić information content (AvgIpc) is 2.45. The number of nitrogen functional groups attached to an aromatic ring is 1. The number of aromatic nitrogens is 1. The van der Waals surface area contributed by atoms with E-state index >= 15 is 0 Å². The molecule has 0 radical (unpaired) electrons. The minimum atomic E-state index is -0.341. The van der Waals surface area contributed by atoms with E-state index in [4.69, 9.17) is 10.5 Å². The van der Waals surface area contributed by atoms with E-state index in [1.165, 1.54) is 6.92 Å². The van der Waals surface area contributed by atoms with Crippen molar-refractivity contribution in [3.8, 4) is 5.88 Å². The van der Waals surface area contributed by atoms with Crippen molar-refractivity contribution in [1.29, 1.82) is 0 Å². The highest BCUT2D eigenvalue weighted by Gasteiger charge is 2.06. The molecule has 0 unspecified atom stereocenters. The van der Waals surface area contributed by atoms with Gasteiger partial charge in [-0.25, -0.2) is 0 Å². The topological polar surface area (TPSA) is 68.1 Å². The number of anilines is 1. The van der Waals surface area contributed by atoms with E-state index in [1.54, 1.807) is 6.07 Å². The summed E-state index contributed by atoms with van der Waals surface area (Å²) in [6.07, 6.45) is 0. The monoisotopic (exact) mass is 204 g/mol. The third-order valence-electron chi connectivity index (χ3n) is 2.20. The standard InChI is InChI=1S/C11H12N2O2/c1-6-3-8(12)4-10-9(6)5-11(13-10)15-7(2)14/h3-5,13H,12H2,1-2H3. The number of nitrogens with two attached hydrogens (primary N) is 1. The van der Waals surface area contributed by atoms with Gasteiger partial charge in [0.1, 0.15) is 0 Å². The molecule has 0 saturated heterocycles. The fourth-order valence-corrected chi connectivity index (χ4v) is 1.63. The SMILES string of the molecule is CC(=O)Oc1cc2c(C)cc(N)cc2[nH]1. The number of hydrogen-bond acceptors (Lipinski definition) is 3. The number of aryl methyl sites for hydroxylation is 1. The molecule has 3 N–H and O–H groups in total. The molecule has 0 amide bonds. The van der Waals surface area contributed by atoms with Crippen molar-refractivity contribution in [3.63, 3.8) is 0 Å². The van der Waals surface area contributed by atoms with Gasteiger partial charge < -0.3 is 15.5 Å². The second kappa shape index (κ2) is 3.31. The highest BCUT2D eigenvalue weighted by molar-refractivity contribution is 5.88. The third-order valence-corrected chi connectivity index (χ3v) is 2.20. The van der Waals surface area contributed by atoms with E-state index in [0.717, 1.165) is 16.5 Å². The summed E-state index contributed by atoms with van der Waals surface area (Å²) in [7, 11) is 0. The summed E-state index contributed by atoms with van der Waals surface area (Å²) < 4.78 is 4.96. The zero-order valence-electron chi connectivity index (χ0n) is 8.63. The van der Waals surface area contributed by atoms with Crippen molar-refractivity contribution in [2.24, 2.45) is 0 Å². The molecule has 2 aromatic rings. The van der Waals surface area contributed by atoms with Gasteiger partial charge in [0.2, 0.25) is 5.88 Å². The number of carbonyl (C=O) groups excluding carboxylic acids is 1. The Morgan fingerprint density at radius 1 is 1.40 bits per heavy atom. The predicted molar refractivity (Wildman–Crippen MR) is 58.8 cm³/mol. The fourth-order valence-electron chi connectivity index (χ4n) is 1.63. The maximum Gasteiger partial charge on any atom is 0.309 e. The van der Waals surface area contributed by atoms with Gasteiger partial charge in [0.05, 0.1) is 5.52 Å². The third kappa shape index (κ3) is 1.79. The number of nitrogens with one attached hydrogen (secondary N) is 1. The zero-order valence-corrected chi connectivity index (χ0v) is 8.63. The van der Waals surface area contributed by atoms with Gasteiger partial charge in [-0.1, -0.05) is 0 Å². The summed E-state index contributed by atoms with van der Waals surface area (Å²) in [5.74, 6) is 0.110. The zero-order chi connectivity index (χ0) is 11.0. The summed E-state index contributed by atoms with van der Waals surface area (Å²) in [6, 6.07) is 5.49. The highest BCUT2D eigenvalue weighted by Crippen LogP contribution is 2.25. The molecule has 0 aliphatic carbocycles. The normalized spacial score (nSPS) is 10.5. The molecule has 1 aromatic carbocycles. The van der Waals surface area contributed by atoms with Crippen molar-refractivity contribution in [3.05, 3.63) is 23.8 Å². The van der Waals surface area contributed by atoms with Crippen molar-refractivity contribution in [1.82, 2.24) is 4.98 Å². The predicted octanol–water partition coefficient (Wildman–Crippen LogP) is 1.98. The Balaban J connectivity index is 2.55. The number of esters is 1. The van der Waals surface area contributed by atoms with Gasteiger partial charge in [0, 0.05) is 24.1 Å². The summed E-state index contributed by atoms with van der Waals surface area (Å²) in [5.41, 5.74) is 8.33. The molecule has 4 nitrogen and oxygen atoms in total. The van der Waals surface area contributed by atoms with Crippen LogP contribution in [-0.2, 0) is 4.79 Å². The van der Waals surface area contributed by atoms with Gasteiger partial charge in [-0.15, -0.1) is 0 Å². The van der Waals surface area contributed by atoms with E-state index in [2.05, 4.69) is 4.98 Å². The lowest BCUT2D eigenvalue weighted by Crippen LogP contribution is -2.00. The molecule has 4 heteroatoms. The first-order chi connectivity index (χ1) is 7.06. The Kier molecular flexibility index (Phi) is 2.11. The number of rotatable bonds is 1. The van der Waals surface area contributed by atoms with Crippen LogP contribution >= 0.6 is 0 Å². The summed E-state index contributed by atoms with van der Waals surface area (Å²) in [4.78, 5) is 13.8. The van der Waals surface area contributed by atoms with Crippen molar-refractivity contribution >= 4 is 22.6 Å². The Morgan fingerprint density at radius 3 is 2.80 bits per heavy atom. The molecule has 15 heavy (non-hydrogen) atoms. The van der Waals surface area contributed by atoms with Crippen LogP contribution < -0.4 is 10.5 Å². The first-order valence-corrected chi connectivity index (χ1v) is 4.63. The number of carbonyl (C=O) groups is 1. The molecule has 0 atom stereocenters. The number of fused-ring (bicyclic) bond motifs is 1. The van der Waals surface area contributed by atoms with E-state index in [9.17, 15) is 4.79 Å². The minimum absolute atomic E-state index is 0.341. The largest absolute Gasteiger partial charge is 0.410 e. The Labute approximate surface area is 87.0 Å². The van der Waals surface area contributed by atoms with E-state index < -0.39 is 0 Å². The van der Waals surface area contributed by atoms with Crippen LogP contribution in [0.1, 0.15) is 12.5 Å². The first kappa shape index (κ1) is 9.58. The van der Waals surface area contributed by atoms with Gasteiger partial charge in [-0.2, -0.15) is 0 Å². The van der Waals surface area contributed by atoms with Crippen LogP contribution in [0.25, 0.3) is 10.9 Å². The van der Waals surface area contributed by atoms with Gasteiger partial charge in [0.25, 0.3) is 0 Å². The maximum atomic E-state index is 10.8. The molecule has 0 bridgehead atoms. The smallest absolute Gasteiger partial charge is 0.309 e. The minimum Gasteiger partial charge on any atom is -0.410 e. The summed E-state index contributed by atoms with van der Waals surface area (Å²) >= 11 is 0. The number of H-pyrrole nitrogens is 1. The fraction of sp³-hybridized carbons (Fsp3) is 0.182. The molecule has 0 aliphatic rings. The van der Waals surface area contributed by atoms with Crippen LogP contribution in [-0.4, -0.2) is 11.0 Å². The molecule has 0 spiro atoms. The molecular weight excluding hydrogens is 192 g/mol. The average molecular weight is 204 g/mol. The van der Waals surface area contributed by atoms with Gasteiger partial charge in [0.15, 0.2) is 0 Å². The highest BCUT2D eigenvalue weighted by atomic mass is 16.5. The van der Waals surface area contributed by atoms with Gasteiger partial charge >= 0.3 is 5.97 Å². The summed E-state index contributed by atoms with van der Waals surface area (Å²) in [6.45, 7) is 3.33. The lowest BCUT2D eigenvalue weighted by Gasteiger charge is -1.97. The lowest BCUT2D eigenvalue weighted by molar-refractivity contribution is -0.132. The molecular formula is C11H12N2O2. The quantitative estimate of drug-likeness (QED) is 0.551. The van der Waals surface area contributed by atoms with Crippen molar-refractivity contribution < 1.29 is 9.53 Å². The second-order valence-corrected chi connectivity index (χ2v) is 3.53. The molecule has 1 aromatic heterocycles. The van der Waals surface area contributed by atoms with E-state index in [-0.39, 0.29) is 5.97 Å². The maximum absolute atomic E-state index is 10.8. The van der Waals surface area contributed by atoms with E-state index in [1.807, 2.05) is 19.1 Å². The van der Waals surface area contributed by atoms with Crippen LogP contribution in [0, 0.1) is 6.92 Å². The molecule has 78 valence electrons. The Hall–Kier alpha value is -1.97. The van der Waals surface area contributed by atoms with Crippen molar-refractivity contribution in [2.75, 3.05) is 5.73 Å². The van der Waals surface area contributed by atoms with Gasteiger partial charge in [-0.05, 0) is 24.6 Å². The van der Waals surface area contributed by atoms with E-state index in [0.29, 0.717) is 11.6 Å². The molecule has 1 heterocycles. The van der Waals surface area contributed by atoms with Crippen LogP contribution in [0.5, 0.6) is 5.88 Å². The molecule has 2 rings (SSSR count). The van der Waals surface area contributed by atoms with Crippen LogP contribution in [0.4, 0.5) is 5.69 Å². The molecule has 0 fully saturated rings. The van der Waals surface area contributed by atoms with Crippen LogP contribution in [0.2, 0.25) is 0 Å². The molecule has 0 saturated carbocycles. The number of ether oxygens (including phenoxy) is 1. The second-order valence-electron chi connectivity index (χ2n) is 3.53. The lowest BCUT2D eigenvalue weighted by atomic mass is 10.1.